The molecular weight excluding hydrogens is 272 g/mol. The molecule has 6 heteroatoms. The number of nitrogens with one attached hydrogen (secondary N) is 1. The normalized spacial score (nSPS) is 18.6. The number of rotatable bonds is 3. The molecule has 1 aliphatic rings. The highest BCUT2D eigenvalue weighted by Gasteiger charge is 2.36. The molecule has 1 aliphatic heterocycles. The van der Waals surface area contributed by atoms with Crippen LogP contribution in [0.1, 0.15) is 25.0 Å². The summed E-state index contributed by atoms with van der Waals surface area (Å²) in [6, 6.07) is 5.84. The van der Waals surface area contributed by atoms with Gasteiger partial charge in [0.2, 0.25) is 11.8 Å². The van der Waals surface area contributed by atoms with Crippen LogP contribution < -0.4 is 5.32 Å². The summed E-state index contributed by atoms with van der Waals surface area (Å²) in [6.07, 6.45) is 0.282. The molecule has 0 saturated carbocycles. The first-order valence-corrected chi connectivity index (χ1v) is 6.77. The van der Waals surface area contributed by atoms with Crippen LogP contribution in [-0.4, -0.2) is 39.9 Å². The summed E-state index contributed by atoms with van der Waals surface area (Å²) in [4.78, 5) is 36.2. The molecule has 0 spiro atoms. The van der Waals surface area contributed by atoms with Crippen molar-refractivity contribution in [2.24, 2.45) is 0 Å². The molecule has 0 radical (unpaired) electrons. The molecule has 0 bridgehead atoms. The average molecular weight is 290 g/mol. The van der Waals surface area contributed by atoms with Gasteiger partial charge in [-0.2, -0.15) is 0 Å². The largest absolute Gasteiger partial charge is 0.480 e. The molecule has 1 heterocycles. The second kappa shape index (κ2) is 5.95. The van der Waals surface area contributed by atoms with Crippen molar-refractivity contribution in [1.29, 1.82) is 0 Å². The van der Waals surface area contributed by atoms with Gasteiger partial charge in [0.15, 0.2) is 0 Å². The standard InChI is InChI=1S/C15H18N2O4/c1-9(16-10(2)18)14(19)17-8-12-6-4-3-5-11(12)7-13(17)15(20)21/h3-6,9,13H,7-8H2,1-2H3,(H,16,18)(H,20,21)/t9?,13-/m0/s1. The Bertz CT molecular complexity index is 585. The lowest BCUT2D eigenvalue weighted by Gasteiger charge is -2.36. The maximum atomic E-state index is 12.4. The predicted octanol–water partition coefficient (Wildman–Crippen LogP) is 0.549. The molecule has 2 N–H and O–H groups in total. The van der Waals surface area contributed by atoms with Gasteiger partial charge in [0.25, 0.3) is 0 Å². The maximum Gasteiger partial charge on any atom is 0.326 e. The van der Waals surface area contributed by atoms with Crippen LogP contribution in [0.3, 0.4) is 0 Å². The molecule has 1 aromatic carbocycles. The summed E-state index contributed by atoms with van der Waals surface area (Å²) in [5.74, 6) is -1.74. The molecule has 6 nitrogen and oxygen atoms in total. The second-order valence-electron chi connectivity index (χ2n) is 5.22. The Kier molecular flexibility index (Phi) is 4.26. The molecule has 2 rings (SSSR count). The van der Waals surface area contributed by atoms with Gasteiger partial charge in [0.1, 0.15) is 12.1 Å². The van der Waals surface area contributed by atoms with Crippen molar-refractivity contribution in [1.82, 2.24) is 10.2 Å². The van der Waals surface area contributed by atoms with Crippen molar-refractivity contribution in [3.05, 3.63) is 35.4 Å². The van der Waals surface area contributed by atoms with Crippen LogP contribution >= 0.6 is 0 Å². The number of fused-ring (bicyclic) bond motifs is 1. The van der Waals surface area contributed by atoms with Crippen molar-refractivity contribution < 1.29 is 19.5 Å². The quantitative estimate of drug-likeness (QED) is 0.851. The lowest BCUT2D eigenvalue weighted by Crippen LogP contribution is -2.54. The summed E-state index contributed by atoms with van der Waals surface area (Å²) in [5, 5.41) is 11.9. The Hall–Kier alpha value is -2.37. The Balaban J connectivity index is 2.26. The molecule has 0 fully saturated rings. The van der Waals surface area contributed by atoms with Crippen molar-refractivity contribution in [2.45, 2.75) is 38.9 Å². The molecule has 21 heavy (non-hydrogen) atoms. The maximum absolute atomic E-state index is 12.4. The molecule has 0 aliphatic carbocycles. The SMILES string of the molecule is CC(=O)NC(C)C(=O)N1Cc2ccccc2C[C@H]1C(=O)O. The van der Waals surface area contributed by atoms with Crippen molar-refractivity contribution in [3.63, 3.8) is 0 Å². The molecule has 1 unspecified atom stereocenters. The molecular formula is C15H18N2O4. The number of amides is 2. The van der Waals surface area contributed by atoms with Crippen LogP contribution in [0.25, 0.3) is 0 Å². The van der Waals surface area contributed by atoms with Gasteiger partial charge in [0, 0.05) is 19.9 Å². The topological polar surface area (TPSA) is 86.7 Å². The van der Waals surface area contributed by atoms with E-state index >= 15 is 0 Å². The zero-order valence-electron chi connectivity index (χ0n) is 12.0. The molecule has 1 aromatic rings. The fourth-order valence-corrected chi connectivity index (χ4v) is 2.59. The number of carbonyl (C=O) groups excluding carboxylic acids is 2. The summed E-state index contributed by atoms with van der Waals surface area (Å²) < 4.78 is 0. The van der Waals surface area contributed by atoms with Gasteiger partial charge < -0.3 is 15.3 Å². The number of carboxylic acids is 1. The lowest BCUT2D eigenvalue weighted by molar-refractivity contribution is -0.152. The summed E-state index contributed by atoms with van der Waals surface area (Å²) >= 11 is 0. The van der Waals surface area contributed by atoms with E-state index in [1.165, 1.54) is 11.8 Å². The van der Waals surface area contributed by atoms with Gasteiger partial charge in [-0.3, -0.25) is 9.59 Å². The zero-order valence-corrected chi connectivity index (χ0v) is 12.0. The molecule has 0 aromatic heterocycles. The van der Waals surface area contributed by atoms with Crippen LogP contribution in [0.15, 0.2) is 24.3 Å². The van der Waals surface area contributed by atoms with E-state index in [1.54, 1.807) is 6.92 Å². The van der Waals surface area contributed by atoms with Gasteiger partial charge in [-0.05, 0) is 18.1 Å². The number of benzene rings is 1. The van der Waals surface area contributed by atoms with Crippen LogP contribution in [0.4, 0.5) is 0 Å². The molecule has 2 atom stereocenters. The lowest BCUT2D eigenvalue weighted by atomic mass is 9.93. The van der Waals surface area contributed by atoms with E-state index < -0.39 is 18.1 Å². The van der Waals surface area contributed by atoms with E-state index in [1.807, 2.05) is 24.3 Å². The fourth-order valence-electron chi connectivity index (χ4n) is 2.59. The monoisotopic (exact) mass is 290 g/mol. The highest BCUT2D eigenvalue weighted by atomic mass is 16.4. The van der Waals surface area contributed by atoms with E-state index in [0.717, 1.165) is 11.1 Å². The number of hydrogen-bond acceptors (Lipinski definition) is 3. The van der Waals surface area contributed by atoms with Crippen LogP contribution in [0, 0.1) is 0 Å². The second-order valence-corrected chi connectivity index (χ2v) is 5.22. The predicted molar refractivity (Wildman–Crippen MR) is 75.4 cm³/mol. The summed E-state index contributed by atoms with van der Waals surface area (Å²) in [5.41, 5.74) is 1.89. The summed E-state index contributed by atoms with van der Waals surface area (Å²) in [6.45, 7) is 3.13. The molecule has 2 amide bonds. The Morgan fingerprint density at radius 1 is 1.29 bits per heavy atom. The number of carbonyl (C=O) groups is 3. The Labute approximate surface area is 122 Å². The summed E-state index contributed by atoms with van der Waals surface area (Å²) in [7, 11) is 0. The van der Waals surface area contributed by atoms with Crippen LogP contribution in [-0.2, 0) is 27.3 Å². The Morgan fingerprint density at radius 3 is 2.48 bits per heavy atom. The van der Waals surface area contributed by atoms with Gasteiger partial charge in [-0.25, -0.2) is 4.79 Å². The smallest absolute Gasteiger partial charge is 0.326 e. The number of nitrogens with zero attached hydrogens (tertiary/aromatic N) is 1. The van der Waals surface area contributed by atoms with E-state index in [4.69, 9.17) is 0 Å². The van der Waals surface area contributed by atoms with E-state index in [2.05, 4.69) is 5.32 Å². The average Bonchev–Trinajstić information content (AvgIpc) is 2.44. The highest BCUT2D eigenvalue weighted by Crippen LogP contribution is 2.24. The van der Waals surface area contributed by atoms with E-state index in [-0.39, 0.29) is 24.8 Å². The third-order valence-electron chi connectivity index (χ3n) is 3.61. The van der Waals surface area contributed by atoms with E-state index in [0.29, 0.717) is 0 Å². The number of hydrogen-bond donors (Lipinski definition) is 2. The molecule has 112 valence electrons. The molecule has 0 saturated heterocycles. The third-order valence-corrected chi connectivity index (χ3v) is 3.61. The van der Waals surface area contributed by atoms with Crippen LogP contribution in [0.2, 0.25) is 0 Å². The van der Waals surface area contributed by atoms with E-state index in [9.17, 15) is 19.5 Å². The zero-order chi connectivity index (χ0) is 15.6. The number of carboxylic acid groups (broad SMARTS) is 1. The first kappa shape index (κ1) is 15.0. The number of aliphatic carboxylic acids is 1. The first-order chi connectivity index (χ1) is 9.90. The minimum Gasteiger partial charge on any atom is -0.480 e. The van der Waals surface area contributed by atoms with Crippen molar-refractivity contribution in [2.75, 3.05) is 0 Å². The fraction of sp³-hybridized carbons (Fsp3) is 0.400. The van der Waals surface area contributed by atoms with Gasteiger partial charge in [0.05, 0.1) is 0 Å². The van der Waals surface area contributed by atoms with Gasteiger partial charge in [-0.1, -0.05) is 24.3 Å². The van der Waals surface area contributed by atoms with Gasteiger partial charge in [-0.15, -0.1) is 0 Å². The van der Waals surface area contributed by atoms with Crippen molar-refractivity contribution in [3.8, 4) is 0 Å². The minimum absolute atomic E-state index is 0.246. The highest BCUT2D eigenvalue weighted by molar-refractivity contribution is 5.90. The first-order valence-electron chi connectivity index (χ1n) is 6.77. The van der Waals surface area contributed by atoms with Crippen molar-refractivity contribution >= 4 is 17.8 Å². The third kappa shape index (κ3) is 3.21. The van der Waals surface area contributed by atoms with Crippen LogP contribution in [0.5, 0.6) is 0 Å². The minimum atomic E-state index is -1.03. The van der Waals surface area contributed by atoms with Gasteiger partial charge >= 0.3 is 5.97 Å². The Morgan fingerprint density at radius 2 is 1.90 bits per heavy atom.